The third-order valence-corrected chi connectivity index (χ3v) is 2.50. The van der Waals surface area contributed by atoms with Crippen molar-refractivity contribution in [1.82, 2.24) is 4.90 Å². The van der Waals surface area contributed by atoms with E-state index in [4.69, 9.17) is 10.8 Å². The molecule has 20 heavy (non-hydrogen) atoms. The molecular formula is C11H13F2N3O4. The number of nitro groups is 1. The molecule has 0 aliphatic carbocycles. The highest BCUT2D eigenvalue weighted by Crippen LogP contribution is 2.27. The van der Waals surface area contributed by atoms with Crippen molar-refractivity contribution in [2.45, 2.75) is 6.43 Å². The first kappa shape index (κ1) is 15.8. The van der Waals surface area contributed by atoms with E-state index in [2.05, 4.69) is 0 Å². The summed E-state index contributed by atoms with van der Waals surface area (Å²) < 4.78 is 24.8. The normalized spacial score (nSPS) is 10.6. The molecule has 1 aromatic carbocycles. The molecule has 0 saturated heterocycles. The number of nitrogens with zero attached hydrogens (tertiary/aromatic N) is 2. The number of benzene rings is 1. The summed E-state index contributed by atoms with van der Waals surface area (Å²) in [4.78, 5) is 22.8. The van der Waals surface area contributed by atoms with Gasteiger partial charge in [-0.2, -0.15) is 0 Å². The lowest BCUT2D eigenvalue weighted by Crippen LogP contribution is -2.37. The predicted molar refractivity (Wildman–Crippen MR) is 66.5 cm³/mol. The molecule has 0 saturated carbocycles. The molecule has 7 nitrogen and oxygen atoms in total. The Morgan fingerprint density at radius 1 is 1.50 bits per heavy atom. The summed E-state index contributed by atoms with van der Waals surface area (Å²) in [7, 11) is 0. The van der Waals surface area contributed by atoms with Crippen LogP contribution in [0.2, 0.25) is 0 Å². The molecule has 0 unspecified atom stereocenters. The van der Waals surface area contributed by atoms with Gasteiger partial charge in [0.2, 0.25) is 0 Å². The van der Waals surface area contributed by atoms with E-state index in [1.165, 1.54) is 12.1 Å². The maximum absolute atomic E-state index is 12.4. The standard InChI is InChI=1S/C11H13F2N3O4/c12-9(13)6-15(4-5-17)11(18)7-2-1-3-8(14)10(7)16(19)20/h1-3,9,17H,4-6,14H2. The number of aliphatic hydroxyl groups excluding tert-OH is 1. The minimum Gasteiger partial charge on any atom is -0.395 e. The number of carbonyl (C=O) groups excluding carboxylic acids is 1. The molecule has 0 heterocycles. The fourth-order valence-corrected chi connectivity index (χ4v) is 1.67. The maximum atomic E-state index is 12.4. The molecule has 0 bridgehead atoms. The number of amides is 1. The van der Waals surface area contributed by atoms with Gasteiger partial charge in [-0.1, -0.05) is 6.07 Å². The molecule has 0 fully saturated rings. The van der Waals surface area contributed by atoms with Gasteiger partial charge in [-0.25, -0.2) is 8.78 Å². The SMILES string of the molecule is Nc1cccc(C(=O)N(CCO)CC(F)F)c1[N+](=O)[O-]. The summed E-state index contributed by atoms with van der Waals surface area (Å²) in [5.74, 6) is -0.974. The zero-order valence-corrected chi connectivity index (χ0v) is 10.3. The number of alkyl halides is 2. The van der Waals surface area contributed by atoms with Crippen LogP contribution in [0.5, 0.6) is 0 Å². The molecule has 1 amide bonds. The Bertz CT molecular complexity index is 510. The largest absolute Gasteiger partial charge is 0.395 e. The van der Waals surface area contributed by atoms with Gasteiger partial charge >= 0.3 is 5.69 Å². The zero-order chi connectivity index (χ0) is 15.3. The Labute approximate surface area is 112 Å². The highest BCUT2D eigenvalue weighted by molar-refractivity contribution is 6.00. The lowest BCUT2D eigenvalue weighted by atomic mass is 10.1. The third kappa shape index (κ3) is 3.60. The number of nitrogens with two attached hydrogens (primary N) is 1. The van der Waals surface area contributed by atoms with Crippen LogP contribution >= 0.6 is 0 Å². The Hall–Kier alpha value is -2.29. The van der Waals surface area contributed by atoms with Crippen LogP contribution in [-0.4, -0.2) is 47.0 Å². The minimum atomic E-state index is -2.81. The summed E-state index contributed by atoms with van der Waals surface area (Å²) in [6.45, 7) is -1.81. The minimum absolute atomic E-state index is 0.234. The number of aliphatic hydroxyl groups is 1. The molecule has 1 aromatic rings. The van der Waals surface area contributed by atoms with Gasteiger partial charge in [0, 0.05) is 6.54 Å². The van der Waals surface area contributed by atoms with Crippen LogP contribution in [-0.2, 0) is 0 Å². The summed E-state index contributed by atoms with van der Waals surface area (Å²) in [6, 6.07) is 3.68. The average molecular weight is 289 g/mol. The number of anilines is 1. The molecule has 0 radical (unpaired) electrons. The highest BCUT2D eigenvalue weighted by Gasteiger charge is 2.28. The highest BCUT2D eigenvalue weighted by atomic mass is 19.3. The quantitative estimate of drug-likeness (QED) is 0.459. The number of halogens is 2. The van der Waals surface area contributed by atoms with E-state index in [0.29, 0.717) is 4.90 Å². The van der Waals surface area contributed by atoms with Gasteiger partial charge in [0.25, 0.3) is 12.3 Å². The van der Waals surface area contributed by atoms with Crippen LogP contribution in [0.3, 0.4) is 0 Å². The molecule has 3 N–H and O–H groups in total. The second-order valence-electron chi connectivity index (χ2n) is 3.87. The van der Waals surface area contributed by atoms with Crippen molar-refractivity contribution in [1.29, 1.82) is 0 Å². The molecule has 0 aromatic heterocycles. The summed E-state index contributed by atoms with van der Waals surface area (Å²) >= 11 is 0. The summed E-state index contributed by atoms with van der Waals surface area (Å²) in [5, 5.41) is 19.7. The van der Waals surface area contributed by atoms with Gasteiger partial charge < -0.3 is 15.7 Å². The Morgan fingerprint density at radius 2 is 2.15 bits per heavy atom. The molecule has 110 valence electrons. The first-order valence-electron chi connectivity index (χ1n) is 5.59. The van der Waals surface area contributed by atoms with Gasteiger partial charge in [-0.3, -0.25) is 14.9 Å². The van der Waals surface area contributed by atoms with E-state index in [0.717, 1.165) is 6.07 Å². The van der Waals surface area contributed by atoms with Crippen LogP contribution in [0.4, 0.5) is 20.2 Å². The topological polar surface area (TPSA) is 110 Å². The molecular weight excluding hydrogens is 276 g/mol. The van der Waals surface area contributed by atoms with Gasteiger partial charge in [0.1, 0.15) is 11.3 Å². The van der Waals surface area contributed by atoms with Crippen LogP contribution in [0, 0.1) is 10.1 Å². The molecule has 1 rings (SSSR count). The molecule has 0 spiro atoms. The van der Waals surface area contributed by atoms with Crippen LogP contribution < -0.4 is 5.73 Å². The lowest BCUT2D eigenvalue weighted by Gasteiger charge is -2.21. The van der Waals surface area contributed by atoms with E-state index in [1.807, 2.05) is 0 Å². The number of hydrogen-bond acceptors (Lipinski definition) is 5. The number of hydrogen-bond donors (Lipinski definition) is 2. The fraction of sp³-hybridized carbons (Fsp3) is 0.364. The number of nitrogen functional groups attached to an aromatic ring is 1. The van der Waals surface area contributed by atoms with Gasteiger partial charge in [0.15, 0.2) is 0 Å². The monoisotopic (exact) mass is 289 g/mol. The average Bonchev–Trinajstić information content (AvgIpc) is 2.36. The lowest BCUT2D eigenvalue weighted by molar-refractivity contribution is -0.384. The third-order valence-electron chi connectivity index (χ3n) is 2.50. The second-order valence-corrected chi connectivity index (χ2v) is 3.87. The van der Waals surface area contributed by atoms with E-state index < -0.39 is 36.1 Å². The predicted octanol–water partition coefficient (Wildman–Crippen LogP) is 0.877. The molecule has 9 heteroatoms. The number of para-hydroxylation sites is 1. The first-order valence-corrected chi connectivity index (χ1v) is 5.59. The van der Waals surface area contributed by atoms with Gasteiger partial charge in [-0.15, -0.1) is 0 Å². The summed E-state index contributed by atoms with van der Waals surface area (Å²) in [6.07, 6.45) is -2.81. The van der Waals surface area contributed by atoms with Crippen LogP contribution in [0.1, 0.15) is 10.4 Å². The number of carbonyl (C=O) groups is 1. The molecule has 0 aliphatic heterocycles. The smallest absolute Gasteiger partial charge is 0.304 e. The van der Waals surface area contributed by atoms with Crippen molar-refractivity contribution >= 4 is 17.3 Å². The van der Waals surface area contributed by atoms with Crippen molar-refractivity contribution in [2.75, 3.05) is 25.4 Å². The first-order chi connectivity index (χ1) is 9.38. The number of rotatable bonds is 6. The van der Waals surface area contributed by atoms with Crippen molar-refractivity contribution in [2.24, 2.45) is 0 Å². The van der Waals surface area contributed by atoms with Gasteiger partial charge in [-0.05, 0) is 12.1 Å². The van der Waals surface area contributed by atoms with Crippen molar-refractivity contribution in [3.63, 3.8) is 0 Å². The second kappa shape index (κ2) is 6.75. The molecule has 0 atom stereocenters. The van der Waals surface area contributed by atoms with E-state index in [9.17, 15) is 23.7 Å². The Balaban J connectivity index is 3.18. The Morgan fingerprint density at radius 3 is 2.65 bits per heavy atom. The van der Waals surface area contributed by atoms with Gasteiger partial charge in [0.05, 0.1) is 18.1 Å². The maximum Gasteiger partial charge on any atom is 0.304 e. The van der Waals surface area contributed by atoms with Crippen molar-refractivity contribution in [3.05, 3.63) is 33.9 Å². The van der Waals surface area contributed by atoms with Crippen molar-refractivity contribution in [3.8, 4) is 0 Å². The van der Waals surface area contributed by atoms with E-state index in [-0.39, 0.29) is 17.8 Å². The zero-order valence-electron chi connectivity index (χ0n) is 10.3. The number of nitro benzene ring substituents is 1. The van der Waals surface area contributed by atoms with E-state index in [1.54, 1.807) is 0 Å². The van der Waals surface area contributed by atoms with Crippen LogP contribution in [0.15, 0.2) is 18.2 Å². The fourth-order valence-electron chi connectivity index (χ4n) is 1.67. The van der Waals surface area contributed by atoms with E-state index >= 15 is 0 Å². The van der Waals surface area contributed by atoms with Crippen molar-refractivity contribution < 1.29 is 23.6 Å². The Kier molecular flexibility index (Phi) is 5.32. The van der Waals surface area contributed by atoms with Crippen LogP contribution in [0.25, 0.3) is 0 Å². The summed E-state index contributed by atoms with van der Waals surface area (Å²) in [5.41, 5.74) is 4.18. The molecule has 0 aliphatic rings.